The number of hydrogen-bond acceptors (Lipinski definition) is 1. The molecule has 0 aliphatic rings. The lowest BCUT2D eigenvalue weighted by Crippen LogP contribution is -2.20. The average Bonchev–Trinajstić information content (AvgIpc) is 2.28. The molecule has 0 heterocycles. The zero-order valence-electron chi connectivity index (χ0n) is 11.3. The first-order valence-corrected chi connectivity index (χ1v) is 9.90. The lowest BCUT2D eigenvalue weighted by molar-refractivity contribution is -0.113. The summed E-state index contributed by atoms with van der Waals surface area (Å²) in [5, 5.41) is 0. The Balaban J connectivity index is 2.74. The van der Waals surface area contributed by atoms with Gasteiger partial charge in [0.1, 0.15) is 0 Å². The highest BCUT2D eigenvalue weighted by atomic mass is 28.3. The molecule has 0 saturated carbocycles. The Morgan fingerprint density at radius 3 is 2.24 bits per heavy atom. The van der Waals surface area contributed by atoms with Gasteiger partial charge in [-0.1, -0.05) is 62.1 Å². The van der Waals surface area contributed by atoms with Gasteiger partial charge < -0.3 is 0 Å². The Hall–Kier alpha value is -1.15. The molecule has 0 atom stereocenters. The van der Waals surface area contributed by atoms with Crippen LogP contribution in [-0.4, -0.2) is 13.9 Å². The molecule has 2 heteroatoms. The van der Waals surface area contributed by atoms with E-state index in [4.69, 9.17) is 0 Å². The predicted molar refractivity (Wildman–Crippen MR) is 77.9 cm³/mol. The number of carbonyl (C=O) groups excluding carboxylic acids is 1. The summed E-state index contributed by atoms with van der Waals surface area (Å²) in [4.78, 5) is 12.2. The van der Waals surface area contributed by atoms with Crippen molar-refractivity contribution in [3.8, 4) is 0 Å². The zero-order chi connectivity index (χ0) is 12.9. The van der Waals surface area contributed by atoms with Crippen LogP contribution in [0.4, 0.5) is 0 Å². The molecule has 1 aromatic carbocycles. The number of allylic oxidation sites excluding steroid dienone is 2. The lowest BCUT2D eigenvalue weighted by Gasteiger charge is -2.15. The number of hydrogen-bond donors (Lipinski definition) is 0. The maximum absolute atomic E-state index is 12.2. The fourth-order valence-corrected chi connectivity index (χ4v) is 2.71. The molecule has 0 bridgehead atoms. The maximum Gasteiger partial charge on any atom is 0.162 e. The molecule has 1 aromatic rings. The molecule has 17 heavy (non-hydrogen) atoms. The minimum Gasteiger partial charge on any atom is -0.294 e. The lowest BCUT2D eigenvalue weighted by atomic mass is 10.0. The van der Waals surface area contributed by atoms with E-state index in [1.54, 1.807) is 0 Å². The number of benzene rings is 1. The van der Waals surface area contributed by atoms with Crippen LogP contribution in [0.2, 0.25) is 25.7 Å². The highest BCUT2D eigenvalue weighted by Crippen LogP contribution is 2.20. The third-order valence-electron chi connectivity index (χ3n) is 2.78. The van der Waals surface area contributed by atoms with Crippen molar-refractivity contribution in [1.82, 2.24) is 0 Å². The SMILES string of the molecule is C/C=C(/C(=O)CC[Si](C)(C)C)c1ccccc1. The van der Waals surface area contributed by atoms with E-state index >= 15 is 0 Å². The van der Waals surface area contributed by atoms with Gasteiger partial charge in [-0.2, -0.15) is 0 Å². The van der Waals surface area contributed by atoms with Crippen molar-refractivity contribution < 1.29 is 4.79 Å². The van der Waals surface area contributed by atoms with Crippen LogP contribution in [0, 0.1) is 0 Å². The van der Waals surface area contributed by atoms with Crippen molar-refractivity contribution in [1.29, 1.82) is 0 Å². The minimum atomic E-state index is -1.13. The highest BCUT2D eigenvalue weighted by Gasteiger charge is 2.17. The van der Waals surface area contributed by atoms with Crippen LogP contribution in [0.15, 0.2) is 36.4 Å². The Bertz CT molecular complexity index is 399. The molecule has 0 radical (unpaired) electrons. The van der Waals surface area contributed by atoms with Gasteiger partial charge >= 0.3 is 0 Å². The van der Waals surface area contributed by atoms with Crippen LogP contribution >= 0.6 is 0 Å². The van der Waals surface area contributed by atoms with Gasteiger partial charge in [0.2, 0.25) is 0 Å². The topological polar surface area (TPSA) is 17.1 Å². The van der Waals surface area contributed by atoms with Crippen molar-refractivity contribution in [3.63, 3.8) is 0 Å². The molecule has 0 amide bonds. The monoisotopic (exact) mass is 246 g/mol. The van der Waals surface area contributed by atoms with Crippen molar-refractivity contribution in [2.24, 2.45) is 0 Å². The molecule has 0 N–H and O–H groups in total. The molecule has 92 valence electrons. The standard InChI is InChI=1S/C15H22OSi/c1-5-14(13-9-7-6-8-10-13)15(16)11-12-17(2,3)4/h5-10H,11-12H2,1-4H3/b14-5+. The smallest absolute Gasteiger partial charge is 0.162 e. The third-order valence-corrected chi connectivity index (χ3v) is 4.53. The second-order valence-electron chi connectivity index (χ2n) is 5.55. The van der Waals surface area contributed by atoms with E-state index in [1.807, 2.05) is 43.3 Å². The molecular formula is C15H22OSi. The van der Waals surface area contributed by atoms with E-state index in [0.29, 0.717) is 6.42 Å². The van der Waals surface area contributed by atoms with Gasteiger partial charge in [-0.3, -0.25) is 4.79 Å². The summed E-state index contributed by atoms with van der Waals surface area (Å²) >= 11 is 0. The molecule has 1 rings (SSSR count). The highest BCUT2D eigenvalue weighted by molar-refractivity contribution is 6.76. The Morgan fingerprint density at radius 1 is 1.18 bits per heavy atom. The summed E-state index contributed by atoms with van der Waals surface area (Å²) in [6, 6.07) is 11.0. The van der Waals surface area contributed by atoms with Crippen molar-refractivity contribution in [2.75, 3.05) is 0 Å². The van der Waals surface area contributed by atoms with Crippen LogP contribution in [0.5, 0.6) is 0 Å². The fourth-order valence-electron chi connectivity index (χ4n) is 1.73. The summed E-state index contributed by atoms with van der Waals surface area (Å²) in [6.45, 7) is 8.85. The van der Waals surface area contributed by atoms with Crippen molar-refractivity contribution in [2.45, 2.75) is 39.0 Å². The van der Waals surface area contributed by atoms with Gasteiger partial charge in [-0.15, -0.1) is 0 Å². The fraction of sp³-hybridized carbons (Fsp3) is 0.400. The first-order valence-electron chi connectivity index (χ1n) is 6.19. The van der Waals surface area contributed by atoms with Gasteiger partial charge in [0.15, 0.2) is 5.78 Å². The van der Waals surface area contributed by atoms with Gasteiger partial charge in [0.05, 0.1) is 0 Å². The van der Waals surface area contributed by atoms with E-state index in [9.17, 15) is 4.79 Å². The summed E-state index contributed by atoms with van der Waals surface area (Å²) in [5.41, 5.74) is 1.90. The van der Waals surface area contributed by atoms with Crippen molar-refractivity contribution in [3.05, 3.63) is 42.0 Å². The normalized spacial score (nSPS) is 12.6. The number of rotatable bonds is 5. The van der Waals surface area contributed by atoms with E-state index in [1.165, 1.54) is 0 Å². The molecule has 0 aromatic heterocycles. The second kappa shape index (κ2) is 5.96. The second-order valence-corrected chi connectivity index (χ2v) is 11.2. The molecule has 0 unspecified atom stereocenters. The van der Waals surface area contributed by atoms with E-state index < -0.39 is 8.07 Å². The molecule has 0 fully saturated rings. The van der Waals surface area contributed by atoms with E-state index in [0.717, 1.165) is 17.2 Å². The van der Waals surface area contributed by atoms with E-state index in [2.05, 4.69) is 19.6 Å². The average molecular weight is 246 g/mol. The largest absolute Gasteiger partial charge is 0.294 e. The predicted octanol–water partition coefficient (Wildman–Crippen LogP) is 4.39. The molecule has 0 saturated heterocycles. The first kappa shape index (κ1) is 13.9. The summed E-state index contributed by atoms with van der Waals surface area (Å²) < 4.78 is 0. The molecule has 1 nitrogen and oxygen atoms in total. The molecule has 0 spiro atoms. The van der Waals surface area contributed by atoms with Crippen LogP contribution in [0.25, 0.3) is 5.57 Å². The Kier molecular flexibility index (Phi) is 4.88. The number of Topliss-reactive ketones (excluding diaryl/α,β-unsaturated/α-hetero) is 1. The van der Waals surface area contributed by atoms with Gasteiger partial charge in [-0.25, -0.2) is 0 Å². The van der Waals surface area contributed by atoms with Crippen LogP contribution in [-0.2, 0) is 4.79 Å². The zero-order valence-corrected chi connectivity index (χ0v) is 12.3. The first-order chi connectivity index (χ1) is 7.94. The Morgan fingerprint density at radius 2 is 1.76 bits per heavy atom. The molecule has 0 aliphatic heterocycles. The summed E-state index contributed by atoms with van der Waals surface area (Å²) in [6.07, 6.45) is 2.62. The number of ketones is 1. The van der Waals surface area contributed by atoms with Gasteiger partial charge in [-0.05, 0) is 12.5 Å². The minimum absolute atomic E-state index is 0.279. The molecule has 0 aliphatic carbocycles. The number of carbonyl (C=O) groups is 1. The third kappa shape index (κ3) is 4.69. The Labute approximate surface area is 106 Å². The van der Waals surface area contributed by atoms with Gasteiger partial charge in [0.25, 0.3) is 0 Å². The quantitative estimate of drug-likeness (QED) is 0.556. The van der Waals surface area contributed by atoms with Crippen LogP contribution in [0.1, 0.15) is 18.9 Å². The van der Waals surface area contributed by atoms with E-state index in [-0.39, 0.29) is 5.78 Å². The van der Waals surface area contributed by atoms with Crippen LogP contribution in [0.3, 0.4) is 0 Å². The maximum atomic E-state index is 12.2. The molecular weight excluding hydrogens is 224 g/mol. The summed E-state index contributed by atoms with van der Waals surface area (Å²) in [5.74, 6) is 0.279. The van der Waals surface area contributed by atoms with Crippen molar-refractivity contribution >= 4 is 19.4 Å². The van der Waals surface area contributed by atoms with Crippen LogP contribution < -0.4 is 0 Å². The van der Waals surface area contributed by atoms with Gasteiger partial charge in [0, 0.05) is 20.1 Å². The summed E-state index contributed by atoms with van der Waals surface area (Å²) in [7, 11) is -1.13.